The van der Waals surface area contributed by atoms with E-state index in [1.54, 1.807) is 10.9 Å². The molecule has 0 radical (unpaired) electrons. The smallest absolute Gasteiger partial charge is 0.356 e. The molecule has 1 aliphatic carbocycles. The van der Waals surface area contributed by atoms with Crippen LogP contribution in [0, 0.1) is 0 Å². The number of hydrogen-bond donors (Lipinski definition) is 2. The number of aromatic nitrogens is 2. The number of carboxylic acid groups (broad SMARTS) is 1. The first-order valence-corrected chi connectivity index (χ1v) is 7.24. The van der Waals surface area contributed by atoms with Gasteiger partial charge in [0.1, 0.15) is 0 Å². The highest BCUT2D eigenvalue weighted by atomic mass is 16.4. The van der Waals surface area contributed by atoms with Gasteiger partial charge >= 0.3 is 5.97 Å². The van der Waals surface area contributed by atoms with E-state index in [1.165, 1.54) is 17.5 Å². The molecule has 3 rings (SSSR count). The summed E-state index contributed by atoms with van der Waals surface area (Å²) < 4.78 is 1.65. The number of carbonyl (C=O) groups is 1. The van der Waals surface area contributed by atoms with Gasteiger partial charge in [-0.15, -0.1) is 0 Å². The van der Waals surface area contributed by atoms with Crippen molar-refractivity contribution in [3.8, 4) is 5.69 Å². The Morgan fingerprint density at radius 2 is 2.10 bits per heavy atom. The average molecular weight is 286 g/mol. The Balaban J connectivity index is 2.08. The molecule has 0 saturated heterocycles. The minimum absolute atomic E-state index is 0.0254. The molecule has 0 unspecified atom stereocenters. The van der Waals surface area contributed by atoms with E-state index in [-0.39, 0.29) is 12.3 Å². The molecule has 0 saturated carbocycles. The Bertz CT molecular complexity index is 676. The predicted octanol–water partition coefficient (Wildman–Crippen LogP) is 1.98. The first-order valence-electron chi connectivity index (χ1n) is 7.24. The van der Waals surface area contributed by atoms with Gasteiger partial charge in [-0.3, -0.25) is 0 Å². The number of aliphatic hydroxyl groups excluding tert-OH is 1. The minimum atomic E-state index is -1.05. The van der Waals surface area contributed by atoms with Crippen molar-refractivity contribution in [1.29, 1.82) is 0 Å². The van der Waals surface area contributed by atoms with Gasteiger partial charge in [-0.25, -0.2) is 9.48 Å². The SMILES string of the molecule is O=C(O)c1nn(-c2cccc3c2CCCC3)cc1CCO. The number of aromatic carboxylic acids is 1. The number of carboxylic acids is 1. The molecule has 0 atom stereocenters. The Hall–Kier alpha value is -2.14. The molecule has 0 amide bonds. The van der Waals surface area contributed by atoms with Crippen LogP contribution in [0.3, 0.4) is 0 Å². The average Bonchev–Trinajstić information content (AvgIpc) is 2.91. The van der Waals surface area contributed by atoms with Crippen LogP contribution in [0.4, 0.5) is 0 Å². The summed E-state index contributed by atoms with van der Waals surface area (Å²) in [6.45, 7) is -0.0845. The van der Waals surface area contributed by atoms with E-state index in [2.05, 4.69) is 11.2 Å². The molecule has 0 aliphatic heterocycles. The zero-order chi connectivity index (χ0) is 14.8. The van der Waals surface area contributed by atoms with Crippen LogP contribution < -0.4 is 0 Å². The molecular formula is C16H18N2O3. The first kappa shape index (κ1) is 13.8. The van der Waals surface area contributed by atoms with E-state index in [0.29, 0.717) is 12.0 Å². The molecule has 0 fully saturated rings. The van der Waals surface area contributed by atoms with Crippen LogP contribution in [-0.4, -0.2) is 32.6 Å². The third-order valence-electron chi connectivity index (χ3n) is 3.99. The number of hydrogen-bond acceptors (Lipinski definition) is 3. The van der Waals surface area contributed by atoms with Gasteiger partial charge in [0.2, 0.25) is 0 Å². The summed E-state index contributed by atoms with van der Waals surface area (Å²) in [4.78, 5) is 11.3. The topological polar surface area (TPSA) is 75.3 Å². The molecule has 1 heterocycles. The standard InChI is InChI=1S/C16H18N2O3/c19-9-8-12-10-18(17-15(12)16(20)21)14-7-3-5-11-4-1-2-6-13(11)14/h3,5,7,10,19H,1-2,4,6,8-9H2,(H,20,21). The molecule has 1 aromatic carbocycles. The summed E-state index contributed by atoms with van der Waals surface area (Å²) in [6, 6.07) is 6.10. The van der Waals surface area contributed by atoms with E-state index < -0.39 is 5.97 Å². The molecule has 5 nitrogen and oxygen atoms in total. The van der Waals surface area contributed by atoms with E-state index in [4.69, 9.17) is 5.11 Å². The van der Waals surface area contributed by atoms with E-state index in [9.17, 15) is 9.90 Å². The Morgan fingerprint density at radius 3 is 2.86 bits per heavy atom. The normalized spacial score (nSPS) is 14.0. The highest BCUT2D eigenvalue weighted by Crippen LogP contribution is 2.27. The monoisotopic (exact) mass is 286 g/mol. The minimum Gasteiger partial charge on any atom is -0.476 e. The second-order valence-corrected chi connectivity index (χ2v) is 5.35. The molecule has 0 bridgehead atoms. The summed E-state index contributed by atoms with van der Waals surface area (Å²) in [6.07, 6.45) is 6.45. The van der Waals surface area contributed by atoms with Crippen molar-refractivity contribution in [2.45, 2.75) is 32.1 Å². The zero-order valence-corrected chi connectivity index (χ0v) is 11.7. The van der Waals surface area contributed by atoms with E-state index in [1.807, 2.05) is 12.1 Å². The maximum atomic E-state index is 11.3. The van der Waals surface area contributed by atoms with Crippen LogP contribution in [0.25, 0.3) is 5.69 Å². The first-order chi connectivity index (χ1) is 10.2. The fourth-order valence-electron chi connectivity index (χ4n) is 2.99. The van der Waals surface area contributed by atoms with Gasteiger partial charge in [0, 0.05) is 18.4 Å². The fourth-order valence-corrected chi connectivity index (χ4v) is 2.99. The number of rotatable bonds is 4. The maximum absolute atomic E-state index is 11.3. The lowest BCUT2D eigenvalue weighted by Gasteiger charge is -2.19. The van der Waals surface area contributed by atoms with Crippen LogP contribution in [-0.2, 0) is 19.3 Å². The summed E-state index contributed by atoms with van der Waals surface area (Å²) in [5.41, 5.74) is 4.14. The lowest BCUT2D eigenvalue weighted by Crippen LogP contribution is -2.09. The van der Waals surface area contributed by atoms with Crippen molar-refractivity contribution in [1.82, 2.24) is 9.78 Å². The molecule has 5 heteroatoms. The summed E-state index contributed by atoms with van der Waals surface area (Å²) in [5, 5.41) is 22.5. The highest BCUT2D eigenvalue weighted by molar-refractivity contribution is 5.87. The highest BCUT2D eigenvalue weighted by Gasteiger charge is 2.19. The van der Waals surface area contributed by atoms with Crippen molar-refractivity contribution < 1.29 is 15.0 Å². The van der Waals surface area contributed by atoms with Crippen LogP contribution in [0.15, 0.2) is 24.4 Å². The maximum Gasteiger partial charge on any atom is 0.356 e. The molecule has 1 aliphatic rings. The molecule has 110 valence electrons. The quantitative estimate of drug-likeness (QED) is 0.901. The van der Waals surface area contributed by atoms with Crippen molar-refractivity contribution in [2.24, 2.45) is 0 Å². The number of benzene rings is 1. The molecule has 21 heavy (non-hydrogen) atoms. The van der Waals surface area contributed by atoms with Crippen LogP contribution >= 0.6 is 0 Å². The Kier molecular flexibility index (Phi) is 3.75. The third-order valence-corrected chi connectivity index (χ3v) is 3.99. The largest absolute Gasteiger partial charge is 0.476 e. The van der Waals surface area contributed by atoms with Crippen LogP contribution in [0.2, 0.25) is 0 Å². The predicted molar refractivity (Wildman–Crippen MR) is 78.0 cm³/mol. The van der Waals surface area contributed by atoms with E-state index in [0.717, 1.165) is 24.9 Å². The van der Waals surface area contributed by atoms with Gasteiger partial charge in [-0.1, -0.05) is 12.1 Å². The third kappa shape index (κ3) is 2.56. The van der Waals surface area contributed by atoms with Crippen molar-refractivity contribution in [3.63, 3.8) is 0 Å². The Labute approximate surface area is 122 Å². The van der Waals surface area contributed by atoms with Gasteiger partial charge in [0.05, 0.1) is 5.69 Å². The second-order valence-electron chi connectivity index (χ2n) is 5.35. The van der Waals surface area contributed by atoms with Crippen molar-refractivity contribution in [3.05, 3.63) is 46.8 Å². The van der Waals surface area contributed by atoms with Gasteiger partial charge < -0.3 is 10.2 Å². The molecule has 1 aromatic heterocycles. The second kappa shape index (κ2) is 5.69. The van der Waals surface area contributed by atoms with Gasteiger partial charge in [-0.05, 0) is 49.3 Å². The number of fused-ring (bicyclic) bond motifs is 1. The molecule has 2 aromatic rings. The van der Waals surface area contributed by atoms with Gasteiger partial charge in [0.25, 0.3) is 0 Å². The summed E-state index contributed by atoms with van der Waals surface area (Å²) in [5.74, 6) is -1.05. The fraction of sp³-hybridized carbons (Fsp3) is 0.375. The summed E-state index contributed by atoms with van der Waals surface area (Å²) >= 11 is 0. The summed E-state index contributed by atoms with van der Waals surface area (Å²) in [7, 11) is 0. The zero-order valence-electron chi connectivity index (χ0n) is 11.7. The van der Waals surface area contributed by atoms with Gasteiger partial charge in [0.15, 0.2) is 5.69 Å². The van der Waals surface area contributed by atoms with Crippen LogP contribution in [0.1, 0.15) is 40.0 Å². The Morgan fingerprint density at radius 1 is 1.29 bits per heavy atom. The lowest BCUT2D eigenvalue weighted by molar-refractivity contribution is 0.0688. The molecular weight excluding hydrogens is 268 g/mol. The molecule has 2 N–H and O–H groups in total. The van der Waals surface area contributed by atoms with Crippen molar-refractivity contribution in [2.75, 3.05) is 6.61 Å². The van der Waals surface area contributed by atoms with Gasteiger partial charge in [-0.2, -0.15) is 5.10 Å². The molecule has 0 spiro atoms. The van der Waals surface area contributed by atoms with E-state index >= 15 is 0 Å². The van der Waals surface area contributed by atoms with Crippen molar-refractivity contribution >= 4 is 5.97 Å². The van der Waals surface area contributed by atoms with Crippen LogP contribution in [0.5, 0.6) is 0 Å². The number of aliphatic hydroxyl groups is 1. The number of nitrogens with zero attached hydrogens (tertiary/aromatic N) is 2. The lowest BCUT2D eigenvalue weighted by atomic mass is 9.90. The number of aryl methyl sites for hydroxylation is 1.